The number of nitrogens with zero attached hydrogens (tertiary/aromatic N) is 3. The number of imidazole rings is 1. The smallest absolute Gasteiger partial charge is 0.229 e. The van der Waals surface area contributed by atoms with E-state index in [9.17, 15) is 0 Å². The van der Waals surface area contributed by atoms with Crippen LogP contribution in [0.5, 0.6) is 17.2 Å². The first kappa shape index (κ1) is 20.0. The molecule has 0 bridgehead atoms. The standard InChI is InChI=1S/C22H22N6O3/c1-29-17-11-15(12-18(30-2)20(17)31-3)25-21-23-10-9-19(27-21)28-22-24-13-16(26-22)14-7-5-4-6-8-14/h4-13H,1-3H3,(H3,23,24,25,26,27,28). The van der Waals surface area contributed by atoms with Crippen LogP contribution in [0.3, 0.4) is 0 Å². The summed E-state index contributed by atoms with van der Waals surface area (Å²) < 4.78 is 16.1. The zero-order chi connectivity index (χ0) is 21.6. The molecule has 4 aromatic rings. The van der Waals surface area contributed by atoms with Crippen LogP contribution >= 0.6 is 0 Å². The highest BCUT2D eigenvalue weighted by atomic mass is 16.5. The van der Waals surface area contributed by atoms with Gasteiger partial charge in [0.15, 0.2) is 11.5 Å². The van der Waals surface area contributed by atoms with E-state index in [0.717, 1.165) is 11.3 Å². The van der Waals surface area contributed by atoms with Gasteiger partial charge in [0.1, 0.15) is 5.82 Å². The average Bonchev–Trinajstić information content (AvgIpc) is 3.27. The minimum absolute atomic E-state index is 0.397. The fourth-order valence-corrected chi connectivity index (χ4v) is 3.03. The first-order chi connectivity index (χ1) is 15.2. The maximum Gasteiger partial charge on any atom is 0.229 e. The van der Waals surface area contributed by atoms with Crippen molar-refractivity contribution in [2.45, 2.75) is 0 Å². The molecule has 0 radical (unpaired) electrons. The molecule has 0 aliphatic heterocycles. The summed E-state index contributed by atoms with van der Waals surface area (Å²) in [4.78, 5) is 16.4. The molecule has 0 fully saturated rings. The molecule has 2 aromatic carbocycles. The Morgan fingerprint density at radius 1 is 0.839 bits per heavy atom. The largest absolute Gasteiger partial charge is 0.493 e. The molecule has 158 valence electrons. The van der Waals surface area contributed by atoms with Crippen molar-refractivity contribution >= 4 is 23.4 Å². The third-order valence-electron chi connectivity index (χ3n) is 4.47. The van der Waals surface area contributed by atoms with Gasteiger partial charge in [-0.25, -0.2) is 9.97 Å². The van der Waals surface area contributed by atoms with Crippen molar-refractivity contribution in [1.29, 1.82) is 0 Å². The lowest BCUT2D eigenvalue weighted by Crippen LogP contribution is -2.02. The van der Waals surface area contributed by atoms with E-state index in [-0.39, 0.29) is 0 Å². The van der Waals surface area contributed by atoms with Gasteiger partial charge in [0, 0.05) is 35.8 Å². The van der Waals surface area contributed by atoms with Gasteiger partial charge >= 0.3 is 0 Å². The van der Waals surface area contributed by atoms with Gasteiger partial charge in [-0.2, -0.15) is 4.98 Å². The highest BCUT2D eigenvalue weighted by Crippen LogP contribution is 2.40. The number of hydrogen-bond donors (Lipinski definition) is 3. The SMILES string of the molecule is COc1cc(Nc2nccc(Nc3nc(-c4ccccc4)c[nH]3)n2)cc(OC)c1OC. The molecule has 0 aliphatic carbocycles. The van der Waals surface area contributed by atoms with Crippen LogP contribution < -0.4 is 24.8 Å². The molecular weight excluding hydrogens is 396 g/mol. The second kappa shape index (κ2) is 9.04. The van der Waals surface area contributed by atoms with Crippen LogP contribution in [-0.4, -0.2) is 41.3 Å². The monoisotopic (exact) mass is 418 g/mol. The third-order valence-corrected chi connectivity index (χ3v) is 4.47. The lowest BCUT2D eigenvalue weighted by Gasteiger charge is -2.14. The molecular formula is C22H22N6O3. The fourth-order valence-electron chi connectivity index (χ4n) is 3.03. The number of methoxy groups -OCH3 is 3. The molecule has 0 amide bonds. The molecule has 0 atom stereocenters. The Balaban J connectivity index is 1.52. The highest BCUT2D eigenvalue weighted by Gasteiger charge is 2.14. The van der Waals surface area contributed by atoms with Crippen molar-refractivity contribution in [2.24, 2.45) is 0 Å². The van der Waals surface area contributed by atoms with E-state index in [2.05, 4.69) is 30.6 Å². The summed E-state index contributed by atoms with van der Waals surface area (Å²) in [6.07, 6.45) is 3.49. The Morgan fingerprint density at radius 3 is 2.26 bits per heavy atom. The van der Waals surface area contributed by atoms with E-state index in [1.165, 1.54) is 0 Å². The van der Waals surface area contributed by atoms with Crippen LogP contribution in [-0.2, 0) is 0 Å². The van der Waals surface area contributed by atoms with Crippen molar-refractivity contribution in [3.63, 3.8) is 0 Å². The summed E-state index contributed by atoms with van der Waals surface area (Å²) in [5.74, 6) is 3.13. The predicted octanol–water partition coefficient (Wildman–Crippen LogP) is 4.38. The summed E-state index contributed by atoms with van der Waals surface area (Å²) in [5.41, 5.74) is 2.56. The molecule has 31 heavy (non-hydrogen) atoms. The highest BCUT2D eigenvalue weighted by molar-refractivity contribution is 5.66. The quantitative estimate of drug-likeness (QED) is 0.387. The molecule has 4 rings (SSSR count). The van der Waals surface area contributed by atoms with Crippen LogP contribution in [0.1, 0.15) is 0 Å². The minimum Gasteiger partial charge on any atom is -0.493 e. The van der Waals surface area contributed by atoms with Crippen LogP contribution in [0, 0.1) is 0 Å². The van der Waals surface area contributed by atoms with E-state index in [0.29, 0.717) is 40.7 Å². The van der Waals surface area contributed by atoms with Gasteiger partial charge in [-0.1, -0.05) is 30.3 Å². The summed E-state index contributed by atoms with van der Waals surface area (Å²) in [5, 5.41) is 6.31. The molecule has 0 saturated carbocycles. The number of H-pyrrole nitrogens is 1. The van der Waals surface area contributed by atoms with Gasteiger partial charge in [-0.3, -0.25) is 0 Å². The van der Waals surface area contributed by atoms with E-state index < -0.39 is 0 Å². The van der Waals surface area contributed by atoms with Gasteiger partial charge in [0.25, 0.3) is 0 Å². The van der Waals surface area contributed by atoms with Gasteiger partial charge in [-0.15, -0.1) is 0 Å². The molecule has 9 nitrogen and oxygen atoms in total. The Hall–Kier alpha value is -4.27. The molecule has 2 heterocycles. The van der Waals surface area contributed by atoms with Gasteiger partial charge < -0.3 is 29.8 Å². The van der Waals surface area contributed by atoms with E-state index >= 15 is 0 Å². The molecule has 0 saturated heterocycles. The van der Waals surface area contributed by atoms with Crippen LogP contribution in [0.4, 0.5) is 23.4 Å². The van der Waals surface area contributed by atoms with E-state index in [1.807, 2.05) is 36.5 Å². The summed E-state index contributed by atoms with van der Waals surface area (Å²) in [6.45, 7) is 0. The van der Waals surface area contributed by atoms with Gasteiger partial charge in [0.2, 0.25) is 17.6 Å². The number of aromatic amines is 1. The molecule has 9 heteroatoms. The van der Waals surface area contributed by atoms with E-state index in [4.69, 9.17) is 14.2 Å². The minimum atomic E-state index is 0.397. The summed E-state index contributed by atoms with van der Waals surface area (Å²) >= 11 is 0. The number of benzene rings is 2. The van der Waals surface area contributed by atoms with Crippen LogP contribution in [0.25, 0.3) is 11.3 Å². The Kier molecular flexibility index (Phi) is 5.84. The maximum absolute atomic E-state index is 5.39. The lowest BCUT2D eigenvalue weighted by atomic mass is 10.2. The number of rotatable bonds is 8. The predicted molar refractivity (Wildman–Crippen MR) is 119 cm³/mol. The average molecular weight is 418 g/mol. The first-order valence-electron chi connectivity index (χ1n) is 9.48. The summed E-state index contributed by atoms with van der Waals surface area (Å²) in [6, 6.07) is 15.2. The van der Waals surface area contributed by atoms with Crippen molar-refractivity contribution in [1.82, 2.24) is 19.9 Å². The molecule has 2 aromatic heterocycles. The topological polar surface area (TPSA) is 106 Å². The zero-order valence-corrected chi connectivity index (χ0v) is 17.3. The van der Waals surface area contributed by atoms with Crippen molar-refractivity contribution in [3.05, 3.63) is 60.9 Å². The maximum atomic E-state index is 5.39. The summed E-state index contributed by atoms with van der Waals surface area (Å²) in [7, 11) is 4.69. The first-order valence-corrected chi connectivity index (χ1v) is 9.48. The van der Waals surface area contributed by atoms with E-state index in [1.54, 1.807) is 45.7 Å². The van der Waals surface area contributed by atoms with Crippen molar-refractivity contribution < 1.29 is 14.2 Å². The Morgan fingerprint density at radius 2 is 1.58 bits per heavy atom. The second-order valence-corrected chi connectivity index (χ2v) is 6.43. The number of aromatic nitrogens is 4. The van der Waals surface area contributed by atoms with Gasteiger partial charge in [-0.05, 0) is 6.07 Å². The van der Waals surface area contributed by atoms with Crippen LogP contribution in [0.15, 0.2) is 60.9 Å². The number of anilines is 4. The molecule has 3 N–H and O–H groups in total. The Bertz CT molecular complexity index is 1140. The van der Waals surface area contributed by atoms with Crippen molar-refractivity contribution in [3.8, 4) is 28.5 Å². The van der Waals surface area contributed by atoms with Crippen molar-refractivity contribution in [2.75, 3.05) is 32.0 Å². The number of ether oxygens (including phenoxy) is 3. The Labute approximate surface area is 179 Å². The van der Waals surface area contributed by atoms with Gasteiger partial charge in [0.05, 0.1) is 27.0 Å². The molecule has 0 spiro atoms. The normalized spacial score (nSPS) is 10.4. The zero-order valence-electron chi connectivity index (χ0n) is 17.3. The fraction of sp³-hybridized carbons (Fsp3) is 0.136. The second-order valence-electron chi connectivity index (χ2n) is 6.43. The number of nitrogens with one attached hydrogen (secondary N) is 3. The lowest BCUT2D eigenvalue weighted by molar-refractivity contribution is 0.324. The third kappa shape index (κ3) is 4.50. The number of hydrogen-bond acceptors (Lipinski definition) is 8. The van der Waals surface area contributed by atoms with Crippen LogP contribution in [0.2, 0.25) is 0 Å². The molecule has 0 aliphatic rings. The molecule has 0 unspecified atom stereocenters.